The number of aliphatic carboxylic acids is 1. The van der Waals surface area contributed by atoms with Crippen LogP contribution in [0, 0.1) is 5.92 Å². The second-order valence-electron chi connectivity index (χ2n) is 6.98. The van der Waals surface area contributed by atoms with Gasteiger partial charge in [-0.3, -0.25) is 9.59 Å². The van der Waals surface area contributed by atoms with Gasteiger partial charge in [0, 0.05) is 24.6 Å². The first kappa shape index (κ1) is 19.0. The van der Waals surface area contributed by atoms with Gasteiger partial charge in [0.15, 0.2) is 18.1 Å². The van der Waals surface area contributed by atoms with Crippen molar-refractivity contribution in [3.8, 4) is 11.5 Å². The minimum atomic E-state index is -1.10. The summed E-state index contributed by atoms with van der Waals surface area (Å²) in [6.07, 6.45) is 1.34. The highest BCUT2D eigenvalue weighted by Gasteiger charge is 2.44. The highest BCUT2D eigenvalue weighted by molar-refractivity contribution is 5.95. The third kappa shape index (κ3) is 4.50. The van der Waals surface area contributed by atoms with Gasteiger partial charge in [-0.1, -0.05) is 6.92 Å². The van der Waals surface area contributed by atoms with Crippen LogP contribution in [0.4, 0.5) is 0 Å². The maximum Gasteiger partial charge on any atom is 0.341 e. The van der Waals surface area contributed by atoms with Crippen molar-refractivity contribution >= 4 is 17.8 Å². The number of ether oxygens (including phenoxy) is 2. The minimum Gasteiger partial charge on any atom is -0.490 e. The number of amides is 2. The number of likely N-dealkylation sites (tertiary alicyclic amines) is 1. The number of nitrogens with one attached hydrogen (secondary N) is 1. The van der Waals surface area contributed by atoms with Crippen molar-refractivity contribution in [2.45, 2.75) is 38.8 Å². The van der Waals surface area contributed by atoms with E-state index in [0.29, 0.717) is 42.8 Å². The molecule has 0 spiro atoms. The van der Waals surface area contributed by atoms with E-state index in [1.807, 2.05) is 4.90 Å². The summed E-state index contributed by atoms with van der Waals surface area (Å²) in [5.41, 5.74) is 0.367. The molecule has 3 rings (SSSR count). The molecule has 8 heteroatoms. The predicted octanol–water partition coefficient (Wildman–Crippen LogP) is 1.29. The van der Waals surface area contributed by atoms with Crippen LogP contribution in [0.3, 0.4) is 0 Å². The first-order valence-electron chi connectivity index (χ1n) is 9.10. The Morgan fingerprint density at radius 3 is 2.67 bits per heavy atom. The minimum absolute atomic E-state index is 0.0853. The van der Waals surface area contributed by atoms with Crippen LogP contribution in [-0.4, -0.2) is 59.6 Å². The maximum absolute atomic E-state index is 12.6. The van der Waals surface area contributed by atoms with Gasteiger partial charge in [-0.25, -0.2) is 4.79 Å². The Hall–Kier alpha value is -2.77. The van der Waals surface area contributed by atoms with E-state index in [9.17, 15) is 14.4 Å². The fraction of sp³-hybridized carbons (Fsp3) is 0.526. The fourth-order valence-corrected chi connectivity index (χ4v) is 3.33. The van der Waals surface area contributed by atoms with Crippen LogP contribution >= 0.6 is 0 Å². The molecular formula is C19H24N2O6. The van der Waals surface area contributed by atoms with Gasteiger partial charge in [0.25, 0.3) is 5.91 Å². The summed E-state index contributed by atoms with van der Waals surface area (Å²) < 4.78 is 10.6. The first-order chi connectivity index (χ1) is 12.9. The highest BCUT2D eigenvalue weighted by Crippen LogP contribution is 2.37. The Labute approximate surface area is 157 Å². The van der Waals surface area contributed by atoms with Gasteiger partial charge < -0.3 is 24.8 Å². The van der Waals surface area contributed by atoms with Gasteiger partial charge in [-0.05, 0) is 37.5 Å². The number of carbonyl (C=O) groups is 3. The Morgan fingerprint density at radius 2 is 2.04 bits per heavy atom. The Bertz CT molecular complexity index is 750. The number of carboxylic acid groups (broad SMARTS) is 1. The zero-order valence-corrected chi connectivity index (χ0v) is 15.4. The summed E-state index contributed by atoms with van der Waals surface area (Å²) in [4.78, 5) is 37.2. The van der Waals surface area contributed by atoms with E-state index >= 15 is 0 Å². The summed E-state index contributed by atoms with van der Waals surface area (Å²) in [5, 5.41) is 11.6. The number of hydrogen-bond acceptors (Lipinski definition) is 5. The van der Waals surface area contributed by atoms with Crippen LogP contribution in [0.2, 0.25) is 0 Å². The molecule has 2 aliphatic rings. The molecule has 2 fully saturated rings. The normalized spacial score (nSPS) is 23.9. The summed E-state index contributed by atoms with van der Waals surface area (Å²) in [5.74, 6) is -0.204. The number of hydrogen-bond donors (Lipinski definition) is 2. The molecule has 1 aromatic carbocycles. The molecule has 27 heavy (non-hydrogen) atoms. The average Bonchev–Trinajstić information content (AvgIpc) is 3.23. The molecule has 3 atom stereocenters. The van der Waals surface area contributed by atoms with Crippen LogP contribution < -0.4 is 14.8 Å². The second kappa shape index (κ2) is 7.85. The third-order valence-corrected chi connectivity index (χ3v) is 4.82. The van der Waals surface area contributed by atoms with Crippen LogP contribution in [-0.2, 0) is 9.59 Å². The lowest BCUT2D eigenvalue weighted by atomic mass is 10.1. The summed E-state index contributed by atoms with van der Waals surface area (Å²) in [6.45, 7) is 4.29. The van der Waals surface area contributed by atoms with Crippen molar-refractivity contribution in [1.29, 1.82) is 0 Å². The van der Waals surface area contributed by atoms with Crippen LogP contribution in [0.5, 0.6) is 11.5 Å². The van der Waals surface area contributed by atoms with Crippen molar-refractivity contribution in [3.05, 3.63) is 23.8 Å². The topological polar surface area (TPSA) is 105 Å². The monoisotopic (exact) mass is 376 g/mol. The second-order valence-corrected chi connectivity index (χ2v) is 6.98. The van der Waals surface area contributed by atoms with Crippen LogP contribution in [0.1, 0.15) is 37.0 Å². The van der Waals surface area contributed by atoms with Crippen molar-refractivity contribution in [3.63, 3.8) is 0 Å². The molecule has 2 N–H and O–H groups in total. The molecule has 0 bridgehead atoms. The lowest BCUT2D eigenvalue weighted by molar-refractivity contribution is -0.139. The van der Waals surface area contributed by atoms with E-state index in [2.05, 4.69) is 12.2 Å². The van der Waals surface area contributed by atoms with Crippen molar-refractivity contribution < 1.29 is 29.0 Å². The SMILES string of the molecule is CCOc1cc(C(=O)N[C@@H]2CC(=O)N([C@@H]3C[C@H]3C)C2)ccc1OCC(=O)O. The van der Waals surface area contributed by atoms with E-state index in [4.69, 9.17) is 14.6 Å². The van der Waals surface area contributed by atoms with E-state index in [1.54, 1.807) is 13.0 Å². The van der Waals surface area contributed by atoms with Crippen molar-refractivity contribution in [2.75, 3.05) is 19.8 Å². The van der Waals surface area contributed by atoms with E-state index < -0.39 is 12.6 Å². The molecule has 1 saturated heterocycles. The average molecular weight is 376 g/mol. The van der Waals surface area contributed by atoms with Gasteiger partial charge in [0.1, 0.15) is 0 Å². The zero-order valence-electron chi connectivity index (χ0n) is 15.4. The van der Waals surface area contributed by atoms with E-state index in [0.717, 1.165) is 6.42 Å². The zero-order chi connectivity index (χ0) is 19.6. The van der Waals surface area contributed by atoms with Crippen LogP contribution in [0.25, 0.3) is 0 Å². The Morgan fingerprint density at radius 1 is 1.30 bits per heavy atom. The third-order valence-electron chi connectivity index (χ3n) is 4.82. The number of carboxylic acids is 1. The Kier molecular flexibility index (Phi) is 5.53. The molecule has 146 valence electrons. The van der Waals surface area contributed by atoms with Crippen LogP contribution in [0.15, 0.2) is 18.2 Å². The summed E-state index contributed by atoms with van der Waals surface area (Å²) >= 11 is 0. The van der Waals surface area contributed by atoms with E-state index in [-0.39, 0.29) is 23.6 Å². The van der Waals surface area contributed by atoms with Gasteiger partial charge in [-0.2, -0.15) is 0 Å². The molecule has 1 aliphatic carbocycles. The molecule has 1 saturated carbocycles. The molecule has 0 aromatic heterocycles. The van der Waals surface area contributed by atoms with Gasteiger partial charge in [-0.15, -0.1) is 0 Å². The molecule has 0 radical (unpaired) electrons. The number of carbonyl (C=O) groups excluding carboxylic acids is 2. The number of nitrogens with zero attached hydrogens (tertiary/aromatic N) is 1. The smallest absolute Gasteiger partial charge is 0.341 e. The number of rotatable bonds is 8. The fourth-order valence-electron chi connectivity index (χ4n) is 3.33. The molecule has 1 aliphatic heterocycles. The molecule has 0 unspecified atom stereocenters. The van der Waals surface area contributed by atoms with Gasteiger partial charge >= 0.3 is 5.97 Å². The molecular weight excluding hydrogens is 352 g/mol. The van der Waals surface area contributed by atoms with Crippen molar-refractivity contribution in [1.82, 2.24) is 10.2 Å². The molecule has 1 aromatic rings. The van der Waals surface area contributed by atoms with Gasteiger partial charge in [0.2, 0.25) is 5.91 Å². The molecule has 8 nitrogen and oxygen atoms in total. The summed E-state index contributed by atoms with van der Waals surface area (Å²) in [7, 11) is 0. The Balaban J connectivity index is 1.64. The highest BCUT2D eigenvalue weighted by atomic mass is 16.5. The predicted molar refractivity (Wildman–Crippen MR) is 95.9 cm³/mol. The van der Waals surface area contributed by atoms with Crippen molar-refractivity contribution in [2.24, 2.45) is 5.92 Å². The largest absolute Gasteiger partial charge is 0.490 e. The lowest BCUT2D eigenvalue weighted by Crippen LogP contribution is -2.37. The van der Waals surface area contributed by atoms with Gasteiger partial charge in [0.05, 0.1) is 12.6 Å². The first-order valence-corrected chi connectivity index (χ1v) is 9.10. The standard InChI is InChI=1S/C19H24N2O6/c1-3-26-16-7-12(4-5-15(16)27-10-18(23)24)19(25)20-13-8-17(22)21(9-13)14-6-11(14)2/h4-5,7,11,13-14H,3,6,8-10H2,1-2H3,(H,20,25)(H,23,24)/t11-,13-,14-/m1/s1. The molecule has 1 heterocycles. The maximum atomic E-state index is 12.6. The quantitative estimate of drug-likeness (QED) is 0.708. The summed E-state index contributed by atoms with van der Waals surface area (Å²) in [6, 6.07) is 4.69. The lowest BCUT2D eigenvalue weighted by Gasteiger charge is -2.17. The molecule has 2 amide bonds. The van der Waals surface area contributed by atoms with E-state index in [1.165, 1.54) is 12.1 Å². The number of benzene rings is 1.